The van der Waals surface area contributed by atoms with Crippen molar-refractivity contribution >= 4 is 16.8 Å². The molecule has 1 saturated carbocycles. The lowest BCUT2D eigenvalue weighted by Gasteiger charge is -2.21. The highest BCUT2D eigenvalue weighted by molar-refractivity contribution is 5.76. The standard InChI is InChI=1S/C14H18N2O2/c15-11-6-7-13-12(8-11)16(14(17)18-13)9-10-4-2-1-3-5-10/h6-8,10H,1-5,9,15H2. The first-order chi connectivity index (χ1) is 8.74. The molecule has 18 heavy (non-hydrogen) atoms. The summed E-state index contributed by atoms with van der Waals surface area (Å²) in [6.45, 7) is 0.759. The van der Waals surface area contributed by atoms with Gasteiger partial charge in [0, 0.05) is 12.2 Å². The molecule has 1 aliphatic rings. The first-order valence-electron chi connectivity index (χ1n) is 6.63. The number of rotatable bonds is 2. The molecular formula is C14H18N2O2. The molecule has 4 nitrogen and oxygen atoms in total. The van der Waals surface area contributed by atoms with Gasteiger partial charge >= 0.3 is 5.76 Å². The van der Waals surface area contributed by atoms with Crippen molar-refractivity contribution in [2.24, 2.45) is 5.92 Å². The number of fused-ring (bicyclic) bond motifs is 1. The minimum Gasteiger partial charge on any atom is -0.408 e. The first kappa shape index (κ1) is 11.4. The van der Waals surface area contributed by atoms with Gasteiger partial charge in [-0.1, -0.05) is 19.3 Å². The van der Waals surface area contributed by atoms with Crippen LogP contribution in [0.2, 0.25) is 0 Å². The average molecular weight is 246 g/mol. The van der Waals surface area contributed by atoms with Crippen LogP contribution < -0.4 is 11.5 Å². The summed E-state index contributed by atoms with van der Waals surface area (Å²) in [7, 11) is 0. The summed E-state index contributed by atoms with van der Waals surface area (Å²) in [6, 6.07) is 5.35. The average Bonchev–Trinajstić information content (AvgIpc) is 2.67. The zero-order valence-corrected chi connectivity index (χ0v) is 10.4. The van der Waals surface area contributed by atoms with Gasteiger partial charge in [-0.15, -0.1) is 0 Å². The number of oxazole rings is 1. The van der Waals surface area contributed by atoms with Crippen molar-refractivity contribution in [1.82, 2.24) is 4.57 Å². The highest BCUT2D eigenvalue weighted by Crippen LogP contribution is 2.26. The Kier molecular flexibility index (Phi) is 2.86. The van der Waals surface area contributed by atoms with Crippen molar-refractivity contribution in [2.45, 2.75) is 38.6 Å². The van der Waals surface area contributed by atoms with Gasteiger partial charge in [0.25, 0.3) is 0 Å². The number of nitrogens with two attached hydrogens (primary N) is 1. The Bertz CT molecular complexity index is 606. The van der Waals surface area contributed by atoms with E-state index in [4.69, 9.17) is 10.2 Å². The fraction of sp³-hybridized carbons (Fsp3) is 0.500. The molecule has 0 atom stereocenters. The van der Waals surface area contributed by atoms with Crippen molar-refractivity contribution in [1.29, 1.82) is 0 Å². The number of aromatic nitrogens is 1. The second-order valence-corrected chi connectivity index (χ2v) is 5.21. The number of nitrogens with zero attached hydrogens (tertiary/aromatic N) is 1. The van der Waals surface area contributed by atoms with E-state index in [-0.39, 0.29) is 5.76 Å². The van der Waals surface area contributed by atoms with E-state index < -0.39 is 0 Å². The smallest absolute Gasteiger partial charge is 0.408 e. The first-order valence-corrected chi connectivity index (χ1v) is 6.63. The molecule has 0 bridgehead atoms. The van der Waals surface area contributed by atoms with Crippen molar-refractivity contribution in [3.63, 3.8) is 0 Å². The largest absolute Gasteiger partial charge is 0.419 e. The van der Waals surface area contributed by atoms with Crippen LogP contribution in [0.4, 0.5) is 5.69 Å². The molecule has 3 rings (SSSR count). The van der Waals surface area contributed by atoms with Crippen LogP contribution in [0.15, 0.2) is 27.4 Å². The van der Waals surface area contributed by atoms with Crippen LogP contribution in [-0.4, -0.2) is 4.57 Å². The summed E-state index contributed by atoms with van der Waals surface area (Å²) >= 11 is 0. The maximum Gasteiger partial charge on any atom is 0.419 e. The molecule has 1 aromatic carbocycles. The summed E-state index contributed by atoms with van der Waals surface area (Å²) < 4.78 is 6.99. The van der Waals surface area contributed by atoms with E-state index in [2.05, 4.69) is 0 Å². The molecule has 2 N–H and O–H groups in total. The normalized spacial score (nSPS) is 17.3. The van der Waals surface area contributed by atoms with Gasteiger partial charge in [0.1, 0.15) is 0 Å². The van der Waals surface area contributed by atoms with Gasteiger partial charge in [-0.2, -0.15) is 0 Å². The van der Waals surface area contributed by atoms with Gasteiger partial charge in [0.05, 0.1) is 5.52 Å². The van der Waals surface area contributed by atoms with Gasteiger partial charge in [-0.3, -0.25) is 4.57 Å². The molecule has 0 spiro atoms. The predicted molar refractivity (Wildman–Crippen MR) is 71.5 cm³/mol. The second-order valence-electron chi connectivity index (χ2n) is 5.21. The summed E-state index contributed by atoms with van der Waals surface area (Å²) in [4.78, 5) is 11.9. The third-order valence-electron chi connectivity index (χ3n) is 3.86. The van der Waals surface area contributed by atoms with Crippen LogP contribution in [0.25, 0.3) is 11.1 Å². The molecule has 2 aromatic rings. The molecule has 0 saturated heterocycles. The van der Waals surface area contributed by atoms with Crippen LogP contribution in [-0.2, 0) is 6.54 Å². The van der Waals surface area contributed by atoms with E-state index in [1.165, 1.54) is 32.1 Å². The summed E-state index contributed by atoms with van der Waals surface area (Å²) in [5.41, 5.74) is 7.90. The van der Waals surface area contributed by atoms with Crippen molar-refractivity contribution in [3.8, 4) is 0 Å². The summed E-state index contributed by atoms with van der Waals surface area (Å²) in [5, 5.41) is 0. The van der Waals surface area contributed by atoms with Crippen LogP contribution in [0.3, 0.4) is 0 Å². The zero-order valence-electron chi connectivity index (χ0n) is 10.4. The second kappa shape index (κ2) is 4.52. The van der Waals surface area contributed by atoms with Crippen molar-refractivity contribution in [2.75, 3.05) is 5.73 Å². The highest BCUT2D eigenvalue weighted by atomic mass is 16.4. The molecule has 1 aromatic heterocycles. The minimum absolute atomic E-state index is 0.263. The summed E-state index contributed by atoms with van der Waals surface area (Å²) in [6.07, 6.45) is 6.29. The van der Waals surface area contributed by atoms with E-state index in [9.17, 15) is 4.79 Å². The maximum absolute atomic E-state index is 11.9. The third kappa shape index (κ3) is 2.03. The molecule has 0 radical (unpaired) electrons. The molecule has 1 fully saturated rings. The van der Waals surface area contributed by atoms with Crippen molar-refractivity contribution < 1.29 is 4.42 Å². The fourth-order valence-corrected chi connectivity index (χ4v) is 2.88. The van der Waals surface area contributed by atoms with E-state index in [1.54, 1.807) is 16.7 Å². The Morgan fingerprint density at radius 1 is 1.28 bits per heavy atom. The molecule has 0 unspecified atom stereocenters. The van der Waals surface area contributed by atoms with Gasteiger partial charge in [0.15, 0.2) is 5.58 Å². The molecule has 0 amide bonds. The number of nitrogen functional groups attached to an aromatic ring is 1. The molecule has 96 valence electrons. The highest BCUT2D eigenvalue weighted by Gasteiger charge is 2.17. The Labute approximate surface area is 105 Å². The maximum atomic E-state index is 11.9. The molecular weight excluding hydrogens is 228 g/mol. The van der Waals surface area contributed by atoms with Crippen LogP contribution in [0, 0.1) is 5.92 Å². The lowest BCUT2D eigenvalue weighted by molar-refractivity contribution is 0.312. The van der Waals surface area contributed by atoms with Crippen LogP contribution >= 0.6 is 0 Å². The fourth-order valence-electron chi connectivity index (χ4n) is 2.88. The molecule has 1 aliphatic carbocycles. The van der Waals surface area contributed by atoms with Gasteiger partial charge in [0.2, 0.25) is 0 Å². The predicted octanol–water partition coefficient (Wildman–Crippen LogP) is 2.76. The van der Waals surface area contributed by atoms with Gasteiger partial charge < -0.3 is 10.2 Å². The van der Waals surface area contributed by atoms with Gasteiger partial charge in [-0.05, 0) is 37.0 Å². The molecule has 0 aliphatic heterocycles. The lowest BCUT2D eigenvalue weighted by atomic mass is 9.89. The van der Waals surface area contributed by atoms with Crippen molar-refractivity contribution in [3.05, 3.63) is 28.7 Å². The minimum atomic E-state index is -0.263. The van der Waals surface area contributed by atoms with E-state index in [0.29, 0.717) is 17.2 Å². The summed E-state index contributed by atoms with van der Waals surface area (Å²) in [5.74, 6) is 0.333. The Hall–Kier alpha value is -1.71. The SMILES string of the molecule is Nc1ccc2oc(=O)n(CC3CCCCC3)c2c1. The van der Waals surface area contributed by atoms with Gasteiger partial charge in [-0.25, -0.2) is 4.79 Å². The monoisotopic (exact) mass is 246 g/mol. The topological polar surface area (TPSA) is 61.2 Å². The number of anilines is 1. The Morgan fingerprint density at radius 2 is 2.06 bits per heavy atom. The Balaban J connectivity index is 1.97. The third-order valence-corrected chi connectivity index (χ3v) is 3.86. The number of hydrogen-bond donors (Lipinski definition) is 1. The van der Waals surface area contributed by atoms with E-state index >= 15 is 0 Å². The Morgan fingerprint density at radius 3 is 2.83 bits per heavy atom. The number of benzene rings is 1. The van der Waals surface area contributed by atoms with Crippen LogP contribution in [0.1, 0.15) is 32.1 Å². The zero-order chi connectivity index (χ0) is 12.5. The van der Waals surface area contributed by atoms with Crippen LogP contribution in [0.5, 0.6) is 0 Å². The van der Waals surface area contributed by atoms with E-state index in [0.717, 1.165) is 12.1 Å². The quantitative estimate of drug-likeness (QED) is 0.829. The molecule has 1 heterocycles. The van der Waals surface area contributed by atoms with E-state index in [1.807, 2.05) is 6.07 Å². The number of hydrogen-bond acceptors (Lipinski definition) is 3. The molecule has 4 heteroatoms. The lowest BCUT2D eigenvalue weighted by Crippen LogP contribution is -2.21.